The molecule has 0 saturated heterocycles. The van der Waals surface area contributed by atoms with Crippen LogP contribution in [0.15, 0.2) is 71.5 Å². The molecule has 0 bridgehead atoms. The highest BCUT2D eigenvalue weighted by molar-refractivity contribution is 9.10. The summed E-state index contributed by atoms with van der Waals surface area (Å²) in [6, 6.07) is 15.5. The third kappa shape index (κ3) is 3.69. The third-order valence-corrected chi connectivity index (χ3v) is 3.68. The number of aromatic nitrogens is 2. The van der Waals surface area contributed by atoms with E-state index in [0.717, 1.165) is 10.2 Å². The van der Waals surface area contributed by atoms with E-state index in [2.05, 4.69) is 31.9 Å². The Morgan fingerprint density at radius 2 is 1.46 bits per heavy atom. The summed E-state index contributed by atoms with van der Waals surface area (Å²) >= 11 is 3.33. The Morgan fingerprint density at radius 3 is 2.00 bits per heavy atom. The SMILES string of the molecule is O=C(NNC(=O)c1ccc(-n2cc(Br)cn2)cc1)c1ccccc1. The van der Waals surface area contributed by atoms with Crippen molar-refractivity contribution in [1.29, 1.82) is 0 Å². The first-order valence-electron chi connectivity index (χ1n) is 7.10. The fourth-order valence-electron chi connectivity index (χ4n) is 2.05. The molecule has 0 atom stereocenters. The van der Waals surface area contributed by atoms with E-state index >= 15 is 0 Å². The molecule has 0 aliphatic rings. The van der Waals surface area contributed by atoms with Gasteiger partial charge in [-0.2, -0.15) is 5.10 Å². The molecule has 2 amide bonds. The van der Waals surface area contributed by atoms with E-state index in [1.165, 1.54) is 0 Å². The molecular formula is C17H13BrN4O2. The minimum Gasteiger partial charge on any atom is -0.267 e. The molecule has 24 heavy (non-hydrogen) atoms. The van der Waals surface area contributed by atoms with E-state index in [1.807, 2.05) is 12.3 Å². The monoisotopic (exact) mass is 384 g/mol. The first-order valence-corrected chi connectivity index (χ1v) is 7.89. The van der Waals surface area contributed by atoms with Gasteiger partial charge in [-0.05, 0) is 52.3 Å². The zero-order chi connectivity index (χ0) is 16.9. The van der Waals surface area contributed by atoms with Crippen molar-refractivity contribution in [1.82, 2.24) is 20.6 Å². The van der Waals surface area contributed by atoms with Gasteiger partial charge in [0.15, 0.2) is 0 Å². The number of carbonyl (C=O) groups is 2. The molecule has 1 heterocycles. The zero-order valence-corrected chi connectivity index (χ0v) is 14.0. The summed E-state index contributed by atoms with van der Waals surface area (Å²) in [6.45, 7) is 0. The van der Waals surface area contributed by atoms with Crippen molar-refractivity contribution < 1.29 is 9.59 Å². The number of halogens is 1. The van der Waals surface area contributed by atoms with Crippen LogP contribution >= 0.6 is 15.9 Å². The third-order valence-electron chi connectivity index (χ3n) is 3.27. The summed E-state index contributed by atoms with van der Waals surface area (Å²) in [5, 5.41) is 4.17. The lowest BCUT2D eigenvalue weighted by atomic mass is 10.2. The smallest absolute Gasteiger partial charge is 0.267 e. The van der Waals surface area contributed by atoms with Gasteiger partial charge >= 0.3 is 0 Å². The molecule has 0 radical (unpaired) electrons. The van der Waals surface area contributed by atoms with Gasteiger partial charge in [-0.15, -0.1) is 0 Å². The predicted molar refractivity (Wildman–Crippen MR) is 92.6 cm³/mol. The predicted octanol–water partition coefficient (Wildman–Crippen LogP) is 2.71. The van der Waals surface area contributed by atoms with Gasteiger partial charge in [0.2, 0.25) is 0 Å². The summed E-state index contributed by atoms with van der Waals surface area (Å²) in [5.74, 6) is -0.769. The van der Waals surface area contributed by atoms with Gasteiger partial charge in [0.1, 0.15) is 0 Å². The minimum absolute atomic E-state index is 0.373. The maximum Gasteiger partial charge on any atom is 0.269 e. The highest BCUT2D eigenvalue weighted by Gasteiger charge is 2.09. The van der Waals surface area contributed by atoms with Gasteiger partial charge in [-0.3, -0.25) is 20.4 Å². The summed E-state index contributed by atoms with van der Waals surface area (Å²) in [7, 11) is 0. The van der Waals surface area contributed by atoms with E-state index in [9.17, 15) is 9.59 Å². The fraction of sp³-hybridized carbons (Fsp3) is 0. The topological polar surface area (TPSA) is 76.0 Å². The highest BCUT2D eigenvalue weighted by atomic mass is 79.9. The highest BCUT2D eigenvalue weighted by Crippen LogP contribution is 2.13. The van der Waals surface area contributed by atoms with Crippen LogP contribution in [0.3, 0.4) is 0 Å². The first kappa shape index (κ1) is 15.9. The maximum absolute atomic E-state index is 12.1. The Hall–Kier alpha value is -2.93. The lowest BCUT2D eigenvalue weighted by Crippen LogP contribution is -2.41. The van der Waals surface area contributed by atoms with Crippen LogP contribution in [0.5, 0.6) is 0 Å². The van der Waals surface area contributed by atoms with Crippen LogP contribution < -0.4 is 10.9 Å². The Bertz CT molecular complexity index is 860. The average Bonchev–Trinajstić information content (AvgIpc) is 3.06. The van der Waals surface area contributed by atoms with Crippen molar-refractivity contribution in [2.24, 2.45) is 0 Å². The normalized spacial score (nSPS) is 10.2. The van der Waals surface area contributed by atoms with Gasteiger partial charge in [0.25, 0.3) is 11.8 Å². The molecule has 1 aromatic heterocycles. The summed E-state index contributed by atoms with van der Waals surface area (Å²) < 4.78 is 2.55. The van der Waals surface area contributed by atoms with E-state index in [-0.39, 0.29) is 5.91 Å². The van der Waals surface area contributed by atoms with Crippen molar-refractivity contribution in [3.63, 3.8) is 0 Å². The molecule has 0 saturated carbocycles. The molecule has 120 valence electrons. The van der Waals surface area contributed by atoms with Gasteiger partial charge < -0.3 is 0 Å². The number of nitrogens with zero attached hydrogens (tertiary/aromatic N) is 2. The number of nitrogens with one attached hydrogen (secondary N) is 2. The number of hydrogen-bond donors (Lipinski definition) is 2. The lowest BCUT2D eigenvalue weighted by Gasteiger charge is -2.08. The van der Waals surface area contributed by atoms with Crippen molar-refractivity contribution >= 4 is 27.7 Å². The fourth-order valence-corrected chi connectivity index (χ4v) is 2.34. The van der Waals surface area contributed by atoms with Crippen molar-refractivity contribution in [3.8, 4) is 5.69 Å². The number of carbonyl (C=O) groups excluding carboxylic acids is 2. The summed E-state index contributed by atoms with van der Waals surface area (Å²) in [4.78, 5) is 24.0. The molecule has 2 N–H and O–H groups in total. The second kappa shape index (κ2) is 7.10. The van der Waals surface area contributed by atoms with E-state index < -0.39 is 5.91 Å². The molecule has 3 rings (SSSR count). The molecule has 3 aromatic rings. The van der Waals surface area contributed by atoms with Gasteiger partial charge in [-0.1, -0.05) is 18.2 Å². The van der Waals surface area contributed by atoms with E-state index in [4.69, 9.17) is 0 Å². The zero-order valence-electron chi connectivity index (χ0n) is 12.4. The number of amides is 2. The molecule has 0 spiro atoms. The Kier molecular flexibility index (Phi) is 4.72. The van der Waals surface area contributed by atoms with Crippen LogP contribution in [0.2, 0.25) is 0 Å². The molecule has 0 fully saturated rings. The largest absolute Gasteiger partial charge is 0.269 e. The number of rotatable bonds is 3. The quantitative estimate of drug-likeness (QED) is 0.681. The van der Waals surface area contributed by atoms with Gasteiger partial charge in [0, 0.05) is 17.3 Å². The second-order valence-electron chi connectivity index (χ2n) is 4.92. The standard InChI is InChI=1S/C17H13BrN4O2/c18-14-10-19-22(11-14)15-8-6-13(7-9-15)17(24)21-20-16(23)12-4-2-1-3-5-12/h1-11H,(H,20,23)(H,21,24). The number of benzene rings is 2. The van der Waals surface area contributed by atoms with Crippen molar-refractivity contribution in [2.75, 3.05) is 0 Å². The van der Waals surface area contributed by atoms with E-state index in [0.29, 0.717) is 11.1 Å². The van der Waals surface area contributed by atoms with Crippen LogP contribution in [0.1, 0.15) is 20.7 Å². The number of hydrazine groups is 1. The van der Waals surface area contributed by atoms with E-state index in [1.54, 1.807) is 59.4 Å². The summed E-state index contributed by atoms with van der Waals surface area (Å²) in [6.07, 6.45) is 3.49. The Morgan fingerprint density at radius 1 is 0.875 bits per heavy atom. The first-order chi connectivity index (χ1) is 11.6. The number of hydrogen-bond acceptors (Lipinski definition) is 3. The van der Waals surface area contributed by atoms with Crippen LogP contribution in [-0.4, -0.2) is 21.6 Å². The van der Waals surface area contributed by atoms with Crippen molar-refractivity contribution in [3.05, 3.63) is 82.6 Å². The Labute approximate surface area is 146 Å². The van der Waals surface area contributed by atoms with Crippen LogP contribution in [0.4, 0.5) is 0 Å². The van der Waals surface area contributed by atoms with Gasteiger partial charge in [0.05, 0.1) is 16.4 Å². The molecular weight excluding hydrogens is 372 g/mol. The van der Waals surface area contributed by atoms with Crippen LogP contribution in [-0.2, 0) is 0 Å². The Balaban J connectivity index is 1.62. The second-order valence-corrected chi connectivity index (χ2v) is 5.84. The minimum atomic E-state index is -0.396. The van der Waals surface area contributed by atoms with Crippen molar-refractivity contribution in [2.45, 2.75) is 0 Å². The maximum atomic E-state index is 12.1. The van der Waals surface area contributed by atoms with Crippen LogP contribution in [0, 0.1) is 0 Å². The molecule has 0 unspecified atom stereocenters. The molecule has 0 aliphatic heterocycles. The average molecular weight is 385 g/mol. The molecule has 0 aliphatic carbocycles. The molecule has 2 aromatic carbocycles. The molecule has 7 heteroatoms. The van der Waals surface area contributed by atoms with Gasteiger partial charge in [-0.25, -0.2) is 4.68 Å². The summed E-state index contributed by atoms with van der Waals surface area (Å²) in [5.41, 5.74) is 6.50. The lowest BCUT2D eigenvalue weighted by molar-refractivity contribution is 0.0846. The molecule has 6 nitrogen and oxygen atoms in total. The van der Waals surface area contributed by atoms with Crippen LogP contribution in [0.25, 0.3) is 5.69 Å².